The standard InChI is InChI=1S/C20H23ClN4O3.C19H20ClFN4O2/c1-3-10-25-19(26)16-18(23-17(22-16)12-6-4-5-7-12)24-20(25)28-14-9-8-13(21)11-15(14)27-2;1-2-9-25-18(26)15-17(23-16(22-15)11-5-3-4-6-11)24-19(25)27-14-8-7-12(21)10-13(14)20/h8-9,11-12H,3-7,10H2,1-2H3,(H,22,23);7-8,10-11H,2-6,9H2,1H3,(H,22,23). The third-order valence-electron chi connectivity index (χ3n) is 9.99. The zero-order chi connectivity index (χ0) is 38.6. The molecule has 0 saturated heterocycles. The van der Waals surface area contributed by atoms with Gasteiger partial charge >= 0.3 is 12.0 Å². The van der Waals surface area contributed by atoms with Gasteiger partial charge < -0.3 is 24.2 Å². The second-order valence-electron chi connectivity index (χ2n) is 13.9. The zero-order valence-electron chi connectivity index (χ0n) is 31.0. The number of methoxy groups -OCH3 is 1. The molecule has 2 fully saturated rings. The maximum Gasteiger partial charge on any atom is 0.307 e. The number of hydrogen-bond donors (Lipinski definition) is 2. The highest BCUT2D eigenvalue weighted by molar-refractivity contribution is 6.32. The van der Waals surface area contributed by atoms with Crippen molar-refractivity contribution in [2.75, 3.05) is 7.11 Å². The largest absolute Gasteiger partial charge is 0.493 e. The number of hydrogen-bond acceptors (Lipinski definition) is 9. The van der Waals surface area contributed by atoms with E-state index in [4.69, 9.17) is 37.4 Å². The van der Waals surface area contributed by atoms with Gasteiger partial charge in [0.1, 0.15) is 23.2 Å². The van der Waals surface area contributed by atoms with Crippen molar-refractivity contribution >= 4 is 45.5 Å². The van der Waals surface area contributed by atoms with E-state index in [0.717, 1.165) is 56.2 Å². The molecule has 0 unspecified atom stereocenters. The maximum absolute atomic E-state index is 13.3. The molecular formula is C39H43Cl2FN8O5. The van der Waals surface area contributed by atoms with E-state index in [2.05, 4.69) is 29.9 Å². The van der Waals surface area contributed by atoms with Crippen LogP contribution in [-0.2, 0) is 13.1 Å². The lowest BCUT2D eigenvalue weighted by molar-refractivity contribution is 0.353. The first-order valence-electron chi connectivity index (χ1n) is 18.8. The summed E-state index contributed by atoms with van der Waals surface area (Å²) in [6, 6.07) is 9.18. The molecule has 2 N–H and O–H groups in total. The minimum atomic E-state index is -0.463. The first-order chi connectivity index (χ1) is 26.7. The highest BCUT2D eigenvalue weighted by Gasteiger charge is 2.25. The zero-order valence-corrected chi connectivity index (χ0v) is 32.5. The monoisotopic (exact) mass is 792 g/mol. The van der Waals surface area contributed by atoms with Gasteiger partial charge in [-0.3, -0.25) is 18.7 Å². The molecule has 16 heteroatoms. The molecule has 0 atom stereocenters. The van der Waals surface area contributed by atoms with E-state index < -0.39 is 5.82 Å². The molecule has 4 aromatic heterocycles. The van der Waals surface area contributed by atoms with Gasteiger partial charge in [-0.2, -0.15) is 9.97 Å². The van der Waals surface area contributed by atoms with Crippen molar-refractivity contribution in [3.8, 4) is 29.3 Å². The van der Waals surface area contributed by atoms with Gasteiger partial charge in [-0.25, -0.2) is 14.4 Å². The number of rotatable bonds is 11. The van der Waals surface area contributed by atoms with Crippen LogP contribution < -0.4 is 25.3 Å². The Morgan fingerprint density at radius 3 is 1.67 bits per heavy atom. The molecule has 2 aromatic carbocycles. The Labute approximate surface area is 326 Å². The molecular weight excluding hydrogens is 750 g/mol. The Morgan fingerprint density at radius 1 is 0.709 bits per heavy atom. The number of H-pyrrole nitrogens is 2. The molecule has 13 nitrogen and oxygen atoms in total. The molecule has 2 saturated carbocycles. The molecule has 6 aromatic rings. The molecule has 0 bridgehead atoms. The number of halogens is 3. The summed E-state index contributed by atoms with van der Waals surface area (Å²) in [5, 5.41) is 0.646. The van der Waals surface area contributed by atoms with Crippen LogP contribution in [0.15, 0.2) is 46.0 Å². The number of fused-ring (bicyclic) bond motifs is 2. The van der Waals surface area contributed by atoms with E-state index in [1.54, 1.807) is 18.2 Å². The Balaban J connectivity index is 0.000000169. The molecule has 290 valence electrons. The van der Waals surface area contributed by atoms with Gasteiger partial charge in [0.2, 0.25) is 0 Å². The van der Waals surface area contributed by atoms with Crippen LogP contribution in [0, 0.1) is 5.82 Å². The summed E-state index contributed by atoms with van der Waals surface area (Å²) >= 11 is 12.1. The molecule has 0 radical (unpaired) electrons. The third kappa shape index (κ3) is 8.20. The van der Waals surface area contributed by atoms with Crippen molar-refractivity contribution < 1.29 is 18.6 Å². The number of imidazole rings is 2. The smallest absolute Gasteiger partial charge is 0.307 e. The molecule has 8 rings (SSSR count). The Kier molecular flexibility index (Phi) is 11.7. The van der Waals surface area contributed by atoms with Gasteiger partial charge in [0.25, 0.3) is 11.1 Å². The summed E-state index contributed by atoms with van der Waals surface area (Å²) in [7, 11) is 1.54. The summed E-state index contributed by atoms with van der Waals surface area (Å²) in [5.41, 5.74) is 1.15. The van der Waals surface area contributed by atoms with Crippen molar-refractivity contribution in [2.24, 2.45) is 0 Å². The van der Waals surface area contributed by atoms with Gasteiger partial charge in [-0.15, -0.1) is 0 Å². The number of benzene rings is 2. The van der Waals surface area contributed by atoms with Crippen LogP contribution in [0.4, 0.5) is 4.39 Å². The van der Waals surface area contributed by atoms with Crippen molar-refractivity contribution in [3.05, 3.63) is 84.6 Å². The average Bonchev–Trinajstić information content (AvgIpc) is 4.01. The minimum absolute atomic E-state index is 0.104. The van der Waals surface area contributed by atoms with Crippen LogP contribution >= 0.6 is 23.2 Å². The second-order valence-corrected chi connectivity index (χ2v) is 14.7. The highest BCUT2D eigenvalue weighted by Crippen LogP contribution is 2.36. The Morgan fingerprint density at radius 2 is 1.20 bits per heavy atom. The van der Waals surface area contributed by atoms with E-state index in [1.165, 1.54) is 54.1 Å². The van der Waals surface area contributed by atoms with Crippen molar-refractivity contribution in [2.45, 2.75) is 103 Å². The van der Waals surface area contributed by atoms with Crippen molar-refractivity contribution in [1.29, 1.82) is 0 Å². The van der Waals surface area contributed by atoms with Crippen LogP contribution in [0.25, 0.3) is 22.3 Å². The van der Waals surface area contributed by atoms with Crippen LogP contribution in [0.5, 0.6) is 29.3 Å². The molecule has 2 aliphatic carbocycles. The minimum Gasteiger partial charge on any atom is -0.493 e. The van der Waals surface area contributed by atoms with Gasteiger partial charge in [-0.05, 0) is 68.9 Å². The predicted octanol–water partition coefficient (Wildman–Crippen LogP) is 9.41. The maximum atomic E-state index is 13.3. The van der Waals surface area contributed by atoms with Crippen molar-refractivity contribution in [3.63, 3.8) is 0 Å². The van der Waals surface area contributed by atoms with E-state index >= 15 is 0 Å². The average molecular weight is 794 g/mol. The molecule has 0 spiro atoms. The molecule has 4 heterocycles. The lowest BCUT2D eigenvalue weighted by Gasteiger charge is -2.13. The fourth-order valence-electron chi connectivity index (χ4n) is 7.23. The van der Waals surface area contributed by atoms with Crippen LogP contribution in [0.2, 0.25) is 10.0 Å². The first-order valence-corrected chi connectivity index (χ1v) is 19.6. The number of nitrogens with zero attached hydrogens (tertiary/aromatic N) is 6. The van der Waals surface area contributed by atoms with E-state index in [0.29, 0.717) is 63.8 Å². The summed E-state index contributed by atoms with van der Waals surface area (Å²) in [5.74, 6) is 3.06. The summed E-state index contributed by atoms with van der Waals surface area (Å²) in [6.07, 6.45) is 10.5. The third-order valence-corrected chi connectivity index (χ3v) is 10.5. The van der Waals surface area contributed by atoms with Crippen LogP contribution in [-0.4, -0.2) is 46.1 Å². The number of ether oxygens (including phenoxy) is 3. The normalized spacial score (nSPS) is 14.8. The van der Waals surface area contributed by atoms with Gasteiger partial charge in [-0.1, -0.05) is 62.7 Å². The van der Waals surface area contributed by atoms with E-state index in [-0.39, 0.29) is 33.9 Å². The number of aromatic nitrogens is 8. The predicted molar refractivity (Wildman–Crippen MR) is 209 cm³/mol. The molecule has 0 aliphatic heterocycles. The summed E-state index contributed by atoms with van der Waals surface area (Å²) in [4.78, 5) is 50.6. The van der Waals surface area contributed by atoms with Gasteiger partial charge in [0.15, 0.2) is 33.8 Å². The quantitative estimate of drug-likeness (QED) is 0.131. The SMILES string of the molecule is CCCn1c(Oc2ccc(Cl)cc2OC)nc2nc(C3CCCC3)[nH]c2c1=O.CCCn1c(Oc2ccc(F)cc2Cl)nc2nc(C3CCCC3)[nH]c2c1=O. The Bertz CT molecular complexity index is 2430. The molecule has 55 heavy (non-hydrogen) atoms. The highest BCUT2D eigenvalue weighted by atomic mass is 35.5. The lowest BCUT2D eigenvalue weighted by atomic mass is 10.1. The number of aromatic amines is 2. The van der Waals surface area contributed by atoms with Gasteiger partial charge in [0, 0.05) is 36.0 Å². The van der Waals surface area contributed by atoms with Gasteiger partial charge in [0.05, 0.1) is 12.1 Å². The van der Waals surface area contributed by atoms with Crippen LogP contribution in [0.3, 0.4) is 0 Å². The lowest BCUT2D eigenvalue weighted by Crippen LogP contribution is -2.23. The fraction of sp³-hybridized carbons (Fsp3) is 0.436. The molecule has 2 aliphatic rings. The Hall–Kier alpha value is -4.95. The second kappa shape index (κ2) is 16.8. The summed E-state index contributed by atoms with van der Waals surface area (Å²) < 4.78 is 33.4. The molecule has 0 amide bonds. The van der Waals surface area contributed by atoms with Crippen LogP contribution in [0.1, 0.15) is 102 Å². The summed E-state index contributed by atoms with van der Waals surface area (Å²) in [6.45, 7) is 4.89. The van der Waals surface area contributed by atoms with Crippen molar-refractivity contribution in [1.82, 2.24) is 39.0 Å². The fourth-order valence-corrected chi connectivity index (χ4v) is 7.60. The van der Waals surface area contributed by atoms with E-state index in [9.17, 15) is 14.0 Å². The van der Waals surface area contributed by atoms with E-state index in [1.807, 2.05) is 13.8 Å². The topological polar surface area (TPSA) is 155 Å². The number of nitrogens with one attached hydrogen (secondary N) is 2. The first kappa shape index (κ1) is 38.3.